The lowest BCUT2D eigenvalue weighted by atomic mass is 10.1. The summed E-state index contributed by atoms with van der Waals surface area (Å²) in [5.41, 5.74) is 2.56. The van der Waals surface area contributed by atoms with E-state index in [1.165, 1.54) is 31.9 Å². The smallest absolute Gasteiger partial charge is 0.230 e. The molecular formula is C17H21N3O2. The molecule has 5 nitrogen and oxygen atoms in total. The third kappa shape index (κ3) is 3.30. The molecule has 1 N–H and O–H groups in total. The second-order valence-electron chi connectivity index (χ2n) is 5.78. The van der Waals surface area contributed by atoms with Gasteiger partial charge in [-0.2, -0.15) is 0 Å². The van der Waals surface area contributed by atoms with Crippen LogP contribution in [0.5, 0.6) is 0 Å². The van der Waals surface area contributed by atoms with Crippen molar-refractivity contribution in [3.05, 3.63) is 42.3 Å². The van der Waals surface area contributed by atoms with Crippen molar-refractivity contribution in [2.45, 2.75) is 38.1 Å². The van der Waals surface area contributed by atoms with Crippen molar-refractivity contribution in [3.63, 3.8) is 0 Å². The second kappa shape index (κ2) is 6.64. The molecule has 0 radical (unpaired) electrons. The summed E-state index contributed by atoms with van der Waals surface area (Å²) in [6.07, 6.45) is 6.71. The van der Waals surface area contributed by atoms with Gasteiger partial charge in [-0.3, -0.25) is 4.79 Å². The minimum atomic E-state index is -0.0822. The number of hydrogen-bond acceptors (Lipinski definition) is 4. The molecule has 1 fully saturated rings. The summed E-state index contributed by atoms with van der Waals surface area (Å²) < 4.78 is 4.76. The summed E-state index contributed by atoms with van der Waals surface area (Å²) in [5, 5.41) is 6.76. The van der Waals surface area contributed by atoms with E-state index in [1.54, 1.807) is 6.07 Å². The Hall–Kier alpha value is -2.30. The number of carbonyl (C=O) groups excluding carboxylic acids is 1. The lowest BCUT2D eigenvalue weighted by Gasteiger charge is -2.28. The highest BCUT2D eigenvalue weighted by atomic mass is 16.5. The number of carbonyl (C=O) groups is 1. The van der Waals surface area contributed by atoms with Gasteiger partial charge in [0.05, 0.1) is 23.5 Å². The van der Waals surface area contributed by atoms with E-state index in [2.05, 4.69) is 28.5 Å². The first-order chi connectivity index (χ1) is 10.7. The Morgan fingerprint density at radius 1 is 1.32 bits per heavy atom. The highest BCUT2D eigenvalue weighted by Gasteiger charge is 2.21. The van der Waals surface area contributed by atoms with E-state index in [0.29, 0.717) is 11.7 Å². The number of aromatic nitrogens is 1. The molecule has 116 valence electrons. The van der Waals surface area contributed by atoms with E-state index in [1.807, 2.05) is 18.2 Å². The zero-order chi connectivity index (χ0) is 15.4. The molecule has 1 heterocycles. The van der Waals surface area contributed by atoms with Gasteiger partial charge in [-0.1, -0.05) is 30.1 Å². The van der Waals surface area contributed by atoms with Crippen LogP contribution in [-0.4, -0.2) is 24.2 Å². The molecule has 5 heteroatoms. The molecule has 0 saturated heterocycles. The monoisotopic (exact) mass is 299 g/mol. The maximum Gasteiger partial charge on any atom is 0.230 e. The topological polar surface area (TPSA) is 58.4 Å². The van der Waals surface area contributed by atoms with E-state index >= 15 is 0 Å². The summed E-state index contributed by atoms with van der Waals surface area (Å²) in [7, 11) is 2.11. The SMILES string of the molecule is CN(c1ccccc1NC(=O)Cc1ccon1)C1CCCC1. The molecule has 2 aromatic rings. The molecule has 0 bridgehead atoms. The van der Waals surface area contributed by atoms with Gasteiger partial charge in [0, 0.05) is 19.2 Å². The average Bonchev–Trinajstić information content (AvgIpc) is 3.20. The number of amides is 1. The zero-order valence-corrected chi connectivity index (χ0v) is 12.8. The number of rotatable bonds is 5. The fourth-order valence-electron chi connectivity index (χ4n) is 3.06. The first-order valence-corrected chi connectivity index (χ1v) is 7.75. The van der Waals surface area contributed by atoms with Crippen molar-refractivity contribution in [1.82, 2.24) is 5.16 Å². The number of para-hydroxylation sites is 2. The maximum atomic E-state index is 12.2. The minimum Gasteiger partial charge on any atom is -0.370 e. The highest BCUT2D eigenvalue weighted by molar-refractivity contribution is 5.95. The molecule has 1 saturated carbocycles. The van der Waals surface area contributed by atoms with Crippen LogP contribution >= 0.6 is 0 Å². The van der Waals surface area contributed by atoms with Gasteiger partial charge >= 0.3 is 0 Å². The van der Waals surface area contributed by atoms with Crippen LogP contribution in [0.2, 0.25) is 0 Å². The Morgan fingerprint density at radius 3 is 2.82 bits per heavy atom. The van der Waals surface area contributed by atoms with Crippen LogP contribution in [0.15, 0.2) is 41.1 Å². The third-order valence-electron chi connectivity index (χ3n) is 4.26. The molecule has 1 aliphatic carbocycles. The van der Waals surface area contributed by atoms with Crippen molar-refractivity contribution in [3.8, 4) is 0 Å². The van der Waals surface area contributed by atoms with Gasteiger partial charge in [-0.15, -0.1) is 0 Å². The van der Waals surface area contributed by atoms with Crippen molar-refractivity contribution < 1.29 is 9.32 Å². The summed E-state index contributed by atoms with van der Waals surface area (Å²) in [6.45, 7) is 0. The van der Waals surface area contributed by atoms with Crippen molar-refractivity contribution in [2.75, 3.05) is 17.3 Å². The van der Waals surface area contributed by atoms with Gasteiger partial charge in [0.15, 0.2) is 0 Å². The number of benzene rings is 1. The third-order valence-corrected chi connectivity index (χ3v) is 4.26. The summed E-state index contributed by atoms with van der Waals surface area (Å²) in [6, 6.07) is 10.2. The van der Waals surface area contributed by atoms with Crippen LogP contribution < -0.4 is 10.2 Å². The molecular weight excluding hydrogens is 278 g/mol. The lowest BCUT2D eigenvalue weighted by Crippen LogP contribution is -2.30. The molecule has 3 rings (SSSR count). The minimum absolute atomic E-state index is 0.0822. The van der Waals surface area contributed by atoms with E-state index in [9.17, 15) is 4.79 Å². The van der Waals surface area contributed by atoms with E-state index in [0.717, 1.165) is 11.4 Å². The molecule has 0 aliphatic heterocycles. The van der Waals surface area contributed by atoms with Gasteiger partial charge in [-0.25, -0.2) is 0 Å². The molecule has 22 heavy (non-hydrogen) atoms. The first-order valence-electron chi connectivity index (χ1n) is 7.75. The summed E-state index contributed by atoms with van der Waals surface area (Å²) in [4.78, 5) is 14.5. The fourth-order valence-corrected chi connectivity index (χ4v) is 3.06. The summed E-state index contributed by atoms with van der Waals surface area (Å²) in [5.74, 6) is -0.0822. The van der Waals surface area contributed by atoms with Crippen LogP contribution in [0.25, 0.3) is 0 Å². The Bertz CT molecular complexity index is 619. The Labute approximate surface area is 130 Å². The number of anilines is 2. The number of nitrogens with one attached hydrogen (secondary N) is 1. The molecule has 0 spiro atoms. The number of nitrogens with zero attached hydrogens (tertiary/aromatic N) is 2. The molecule has 0 atom stereocenters. The Balaban J connectivity index is 1.71. The van der Waals surface area contributed by atoms with Crippen molar-refractivity contribution in [2.24, 2.45) is 0 Å². The maximum absolute atomic E-state index is 12.2. The zero-order valence-electron chi connectivity index (χ0n) is 12.8. The van der Waals surface area contributed by atoms with Crippen molar-refractivity contribution >= 4 is 17.3 Å². The number of hydrogen-bond donors (Lipinski definition) is 1. The van der Waals surface area contributed by atoms with E-state index < -0.39 is 0 Å². The van der Waals surface area contributed by atoms with Crippen LogP contribution in [-0.2, 0) is 11.2 Å². The van der Waals surface area contributed by atoms with Crippen LogP contribution in [0, 0.1) is 0 Å². The van der Waals surface area contributed by atoms with E-state index in [-0.39, 0.29) is 12.3 Å². The van der Waals surface area contributed by atoms with Crippen LogP contribution in [0.4, 0.5) is 11.4 Å². The fraction of sp³-hybridized carbons (Fsp3) is 0.412. The lowest BCUT2D eigenvalue weighted by molar-refractivity contribution is -0.115. The highest BCUT2D eigenvalue weighted by Crippen LogP contribution is 2.31. The predicted molar refractivity (Wildman–Crippen MR) is 85.9 cm³/mol. The average molecular weight is 299 g/mol. The molecule has 1 aromatic carbocycles. The first kappa shape index (κ1) is 14.6. The summed E-state index contributed by atoms with van der Waals surface area (Å²) >= 11 is 0. The van der Waals surface area contributed by atoms with Gasteiger partial charge in [0.2, 0.25) is 5.91 Å². The molecule has 1 aliphatic rings. The largest absolute Gasteiger partial charge is 0.370 e. The van der Waals surface area contributed by atoms with E-state index in [4.69, 9.17) is 4.52 Å². The van der Waals surface area contributed by atoms with Crippen molar-refractivity contribution in [1.29, 1.82) is 0 Å². The van der Waals surface area contributed by atoms with Gasteiger partial charge in [-0.05, 0) is 25.0 Å². The quantitative estimate of drug-likeness (QED) is 0.921. The Morgan fingerprint density at radius 2 is 2.09 bits per heavy atom. The Kier molecular flexibility index (Phi) is 4.42. The van der Waals surface area contributed by atoms with Gasteiger partial charge in [0.1, 0.15) is 6.26 Å². The van der Waals surface area contributed by atoms with Gasteiger partial charge < -0.3 is 14.7 Å². The second-order valence-corrected chi connectivity index (χ2v) is 5.78. The molecule has 0 unspecified atom stereocenters. The van der Waals surface area contributed by atoms with Crippen LogP contribution in [0.3, 0.4) is 0 Å². The van der Waals surface area contributed by atoms with Crippen LogP contribution in [0.1, 0.15) is 31.4 Å². The standard InChI is InChI=1S/C17H21N3O2/c1-20(14-6-2-3-7-14)16-9-5-4-8-15(16)18-17(21)12-13-10-11-22-19-13/h4-5,8-11,14H,2-3,6-7,12H2,1H3,(H,18,21). The molecule has 1 aromatic heterocycles. The molecule has 1 amide bonds. The normalized spacial score (nSPS) is 15.0. The van der Waals surface area contributed by atoms with Gasteiger partial charge in [0.25, 0.3) is 0 Å². The predicted octanol–water partition coefficient (Wildman–Crippen LogP) is 3.23.